The van der Waals surface area contributed by atoms with E-state index in [4.69, 9.17) is 4.98 Å². The van der Waals surface area contributed by atoms with Crippen LogP contribution in [0.3, 0.4) is 0 Å². The van der Waals surface area contributed by atoms with E-state index in [0.29, 0.717) is 6.42 Å². The Morgan fingerprint density at radius 2 is 1.51 bits per heavy atom. The van der Waals surface area contributed by atoms with Gasteiger partial charge < -0.3 is 10.2 Å². The maximum Gasteiger partial charge on any atom is 0.224 e. The molecule has 1 aliphatic heterocycles. The van der Waals surface area contributed by atoms with Gasteiger partial charge >= 0.3 is 0 Å². The summed E-state index contributed by atoms with van der Waals surface area (Å²) in [7, 11) is 2.13. The van der Waals surface area contributed by atoms with Gasteiger partial charge in [0.15, 0.2) is 11.4 Å². The number of aryl methyl sites for hydroxylation is 2. The smallest absolute Gasteiger partial charge is 0.224 e. The number of aromatic nitrogens is 2. The highest BCUT2D eigenvalue weighted by Crippen LogP contribution is 2.45. The van der Waals surface area contributed by atoms with Crippen LogP contribution >= 0.6 is 11.8 Å². The molecule has 0 fully saturated rings. The van der Waals surface area contributed by atoms with Crippen LogP contribution in [0, 0.1) is 13.8 Å². The van der Waals surface area contributed by atoms with Crippen molar-refractivity contribution in [2.75, 3.05) is 17.3 Å². The van der Waals surface area contributed by atoms with Gasteiger partial charge in [0.2, 0.25) is 5.91 Å². The highest BCUT2D eigenvalue weighted by Gasteiger charge is 2.22. The van der Waals surface area contributed by atoms with E-state index in [0.717, 1.165) is 53.3 Å². The summed E-state index contributed by atoms with van der Waals surface area (Å²) in [4.78, 5) is 21.3. The minimum absolute atomic E-state index is 0.0563. The van der Waals surface area contributed by atoms with E-state index in [-0.39, 0.29) is 5.91 Å². The molecule has 41 heavy (non-hydrogen) atoms. The molecule has 0 saturated carbocycles. The SMILES string of the molecule is Cc1cc(C=C2Sc3ccccc3N2C)cc(C)[n+]1CCCCCC(=O)Nc1c2ccccc2nc2ccccc12. The van der Waals surface area contributed by atoms with Crippen molar-refractivity contribution in [1.29, 1.82) is 0 Å². The predicted molar refractivity (Wildman–Crippen MR) is 171 cm³/mol. The highest BCUT2D eigenvalue weighted by atomic mass is 32.2. The fraction of sp³-hybridized carbons (Fsp3) is 0.229. The van der Waals surface area contributed by atoms with Crippen LogP contribution in [0.5, 0.6) is 0 Å². The summed E-state index contributed by atoms with van der Waals surface area (Å²) < 4.78 is 2.39. The molecule has 5 aromatic rings. The Bertz CT molecular complexity index is 1720. The van der Waals surface area contributed by atoms with Gasteiger partial charge in [-0.3, -0.25) is 4.79 Å². The molecule has 2 aromatic heterocycles. The fourth-order valence-electron chi connectivity index (χ4n) is 5.69. The maximum atomic E-state index is 13.0. The summed E-state index contributed by atoms with van der Waals surface area (Å²) in [5.74, 6) is 0.0563. The van der Waals surface area contributed by atoms with Crippen LogP contribution in [0.1, 0.15) is 42.6 Å². The molecule has 3 aromatic carbocycles. The van der Waals surface area contributed by atoms with E-state index >= 15 is 0 Å². The number of carbonyl (C=O) groups is 1. The van der Waals surface area contributed by atoms with Crippen LogP contribution in [-0.4, -0.2) is 17.9 Å². The van der Waals surface area contributed by atoms with Crippen molar-refractivity contribution in [2.24, 2.45) is 0 Å². The summed E-state index contributed by atoms with van der Waals surface area (Å²) in [5, 5.41) is 6.40. The van der Waals surface area contributed by atoms with Gasteiger partial charge in [-0.1, -0.05) is 60.3 Å². The third-order valence-electron chi connectivity index (χ3n) is 7.80. The molecule has 0 atom stereocenters. The third kappa shape index (κ3) is 5.70. The van der Waals surface area contributed by atoms with Gasteiger partial charge in [-0.15, -0.1) is 0 Å². The molecule has 6 heteroatoms. The van der Waals surface area contributed by atoms with Gasteiger partial charge in [-0.05, 0) is 48.7 Å². The number of pyridine rings is 2. The number of carbonyl (C=O) groups excluding carboxylic acids is 1. The number of rotatable bonds is 8. The summed E-state index contributed by atoms with van der Waals surface area (Å²) in [6.07, 6.45) is 5.69. The zero-order valence-corrected chi connectivity index (χ0v) is 24.7. The molecule has 1 aliphatic rings. The van der Waals surface area contributed by atoms with E-state index in [1.807, 2.05) is 60.3 Å². The number of nitrogens with zero attached hydrogens (tertiary/aromatic N) is 3. The molecule has 0 unspecified atom stereocenters. The van der Waals surface area contributed by atoms with Gasteiger partial charge in [0.05, 0.1) is 27.4 Å². The van der Waals surface area contributed by atoms with Crippen molar-refractivity contribution >= 4 is 56.9 Å². The monoisotopic (exact) mass is 559 g/mol. The Kier molecular flexibility index (Phi) is 7.75. The van der Waals surface area contributed by atoms with Crippen molar-refractivity contribution in [3.63, 3.8) is 0 Å². The molecule has 0 radical (unpaired) electrons. The average molecular weight is 560 g/mol. The van der Waals surface area contributed by atoms with E-state index in [1.165, 1.54) is 32.6 Å². The van der Waals surface area contributed by atoms with Crippen LogP contribution in [0.2, 0.25) is 0 Å². The van der Waals surface area contributed by atoms with Crippen molar-refractivity contribution in [3.8, 4) is 0 Å². The van der Waals surface area contributed by atoms with E-state index < -0.39 is 0 Å². The molecule has 3 heterocycles. The Morgan fingerprint density at radius 3 is 2.20 bits per heavy atom. The summed E-state index contributed by atoms with van der Waals surface area (Å²) in [5.41, 5.74) is 7.66. The number of anilines is 2. The normalized spacial score (nSPS) is 13.7. The summed E-state index contributed by atoms with van der Waals surface area (Å²) >= 11 is 1.82. The molecule has 1 N–H and O–H groups in total. The zero-order chi connectivity index (χ0) is 28.3. The Labute approximate surface area is 245 Å². The molecule has 0 aliphatic carbocycles. The van der Waals surface area contributed by atoms with Crippen LogP contribution in [0.25, 0.3) is 27.9 Å². The van der Waals surface area contributed by atoms with Gasteiger partial charge in [-0.2, -0.15) is 0 Å². The molecule has 0 bridgehead atoms. The second-order valence-corrected chi connectivity index (χ2v) is 11.8. The topological polar surface area (TPSA) is 49.1 Å². The first-order valence-corrected chi connectivity index (χ1v) is 15.1. The van der Waals surface area contributed by atoms with Crippen molar-refractivity contribution in [2.45, 2.75) is 51.0 Å². The van der Waals surface area contributed by atoms with E-state index in [2.05, 4.69) is 78.2 Å². The number of thioether (sulfide) groups is 1. The first-order chi connectivity index (χ1) is 20.0. The van der Waals surface area contributed by atoms with E-state index in [1.54, 1.807) is 0 Å². The van der Waals surface area contributed by atoms with Gasteiger partial charge in [0, 0.05) is 61.5 Å². The third-order valence-corrected chi connectivity index (χ3v) is 8.97. The fourth-order valence-corrected chi connectivity index (χ4v) is 6.80. The maximum absolute atomic E-state index is 13.0. The zero-order valence-electron chi connectivity index (χ0n) is 23.9. The van der Waals surface area contributed by atoms with Crippen LogP contribution < -0.4 is 14.8 Å². The van der Waals surface area contributed by atoms with Crippen molar-refractivity contribution < 1.29 is 9.36 Å². The first-order valence-electron chi connectivity index (χ1n) is 14.3. The number of nitrogens with one attached hydrogen (secondary N) is 1. The molecule has 0 spiro atoms. The molecular weight excluding hydrogens is 524 g/mol. The van der Waals surface area contributed by atoms with Gasteiger partial charge in [0.1, 0.15) is 6.54 Å². The minimum atomic E-state index is 0.0563. The van der Waals surface area contributed by atoms with Gasteiger partial charge in [0.25, 0.3) is 0 Å². The lowest BCUT2D eigenvalue weighted by Gasteiger charge is -2.13. The number of hydrogen-bond donors (Lipinski definition) is 1. The van der Waals surface area contributed by atoms with Crippen molar-refractivity contribution in [3.05, 3.63) is 107 Å². The van der Waals surface area contributed by atoms with Crippen LogP contribution in [0.15, 0.2) is 94.9 Å². The number of benzene rings is 3. The Balaban J connectivity index is 1.05. The first kappa shape index (κ1) is 27.0. The molecular formula is C35H35N4OS+. The highest BCUT2D eigenvalue weighted by molar-refractivity contribution is 8.03. The average Bonchev–Trinajstić information content (AvgIpc) is 3.28. The molecule has 1 amide bonds. The Morgan fingerprint density at radius 1 is 0.878 bits per heavy atom. The lowest BCUT2D eigenvalue weighted by molar-refractivity contribution is -0.709. The van der Waals surface area contributed by atoms with Crippen LogP contribution in [0.4, 0.5) is 11.4 Å². The largest absolute Gasteiger partial charge is 0.338 e. The lowest BCUT2D eigenvalue weighted by Crippen LogP contribution is -2.40. The lowest BCUT2D eigenvalue weighted by atomic mass is 10.1. The Hall–Kier alpha value is -4.16. The number of hydrogen-bond acceptors (Lipinski definition) is 4. The standard InChI is InChI=1S/C35H34N4OS/c1-24-21-26(23-34-38(3)31-17-10-11-18-32(31)41-34)22-25(2)39(24)20-12-4-5-19-33(40)37-35-27-13-6-8-15-29(27)36-30-16-9-7-14-28(30)35/h6-11,13-18,21-23H,4-5,12,19-20H2,1-3H3/p+1. The van der Waals surface area contributed by atoms with Crippen LogP contribution in [-0.2, 0) is 11.3 Å². The number of amides is 1. The second-order valence-electron chi connectivity index (χ2n) is 10.7. The second kappa shape index (κ2) is 11.8. The number of fused-ring (bicyclic) bond motifs is 3. The number of para-hydroxylation sites is 3. The quantitative estimate of drug-likeness (QED) is 0.119. The molecule has 5 nitrogen and oxygen atoms in total. The summed E-state index contributed by atoms with van der Waals surface area (Å²) in [6, 6.07) is 29.1. The predicted octanol–water partition coefficient (Wildman–Crippen LogP) is 8.03. The minimum Gasteiger partial charge on any atom is -0.338 e. The van der Waals surface area contributed by atoms with Crippen molar-refractivity contribution in [1.82, 2.24) is 4.98 Å². The van der Waals surface area contributed by atoms with E-state index in [9.17, 15) is 4.79 Å². The molecule has 206 valence electrons. The number of unbranched alkanes of at least 4 members (excludes halogenated alkanes) is 2. The summed E-state index contributed by atoms with van der Waals surface area (Å²) in [6.45, 7) is 5.33. The van der Waals surface area contributed by atoms with Gasteiger partial charge in [-0.25, -0.2) is 9.55 Å². The molecule has 0 saturated heterocycles. The molecule has 6 rings (SSSR count).